The number of benzene rings is 1. The highest BCUT2D eigenvalue weighted by atomic mass is 32.1. The van der Waals surface area contributed by atoms with Gasteiger partial charge in [0.15, 0.2) is 0 Å². The number of ether oxygens (including phenoxy) is 1. The van der Waals surface area contributed by atoms with E-state index in [0.717, 1.165) is 4.70 Å². The number of hydrogen-bond donors (Lipinski definition) is 2. The molecule has 2 aromatic rings. The van der Waals surface area contributed by atoms with Crippen molar-refractivity contribution in [3.05, 3.63) is 34.7 Å². The molecule has 1 saturated carbocycles. The summed E-state index contributed by atoms with van der Waals surface area (Å²) in [6, 6.07) is 5.46. The Hall–Kier alpha value is -1.80. The normalized spacial score (nSPS) is 17.9. The molecule has 3 atom stereocenters. The fraction of sp³-hybridized carbons (Fsp3) is 0.524. The Bertz CT molecular complexity index is 1010. The van der Waals surface area contributed by atoms with E-state index in [0.29, 0.717) is 23.1 Å². The Morgan fingerprint density at radius 1 is 1.26 bits per heavy atom. The Morgan fingerprint density at radius 2 is 1.97 bits per heavy atom. The lowest BCUT2D eigenvalue weighted by atomic mass is 10.2. The van der Waals surface area contributed by atoms with Crippen LogP contribution in [0.15, 0.2) is 24.3 Å². The summed E-state index contributed by atoms with van der Waals surface area (Å²) in [5.41, 5.74) is 0.160. The van der Waals surface area contributed by atoms with Gasteiger partial charge in [0.25, 0.3) is 5.91 Å². The molecule has 1 aliphatic rings. The van der Waals surface area contributed by atoms with Gasteiger partial charge in [0.05, 0.1) is 17.6 Å². The number of nitrogens with one attached hydrogen (secondary N) is 2. The Labute approximate surface area is 185 Å². The van der Waals surface area contributed by atoms with Gasteiger partial charge in [0.2, 0.25) is 5.91 Å². The lowest BCUT2D eigenvalue weighted by Crippen LogP contribution is -2.35. The van der Waals surface area contributed by atoms with Crippen LogP contribution in [0.5, 0.6) is 0 Å². The van der Waals surface area contributed by atoms with Crippen molar-refractivity contribution >= 4 is 40.8 Å². The van der Waals surface area contributed by atoms with E-state index >= 15 is 4.39 Å². The first-order valence-corrected chi connectivity index (χ1v) is 12.8. The van der Waals surface area contributed by atoms with E-state index in [2.05, 4.69) is 10.4 Å². The quantitative estimate of drug-likeness (QED) is 0.384. The molecule has 0 radical (unpaired) electrons. The van der Waals surface area contributed by atoms with Crippen molar-refractivity contribution in [3.63, 3.8) is 0 Å². The Balaban J connectivity index is 1.83. The van der Waals surface area contributed by atoms with Gasteiger partial charge in [-0.1, -0.05) is 19.9 Å². The van der Waals surface area contributed by atoms with Gasteiger partial charge in [-0.2, -0.15) is 0 Å². The van der Waals surface area contributed by atoms with Gasteiger partial charge < -0.3 is 14.6 Å². The molecule has 1 heterocycles. The van der Waals surface area contributed by atoms with Gasteiger partial charge in [-0.05, 0) is 54.8 Å². The minimum atomic E-state index is -4.07. The average molecular weight is 471 g/mol. The predicted octanol–water partition coefficient (Wildman–Crippen LogP) is 4.78. The van der Waals surface area contributed by atoms with Crippen LogP contribution in [0.3, 0.4) is 0 Å². The summed E-state index contributed by atoms with van der Waals surface area (Å²) in [4.78, 5) is 24.6. The number of halogens is 1. The second-order valence-corrected chi connectivity index (χ2v) is 11.3. The van der Waals surface area contributed by atoms with E-state index in [9.17, 15) is 14.2 Å². The summed E-state index contributed by atoms with van der Waals surface area (Å²) >= 11 is 1.29. The molecule has 0 aliphatic heterocycles. The number of hydrogen-bond acceptors (Lipinski definition) is 6. The van der Waals surface area contributed by atoms with Crippen molar-refractivity contribution in [1.82, 2.24) is 10.4 Å². The first-order chi connectivity index (χ1) is 14.6. The lowest BCUT2D eigenvalue weighted by Gasteiger charge is -2.26. The number of alkyl halides is 1. The van der Waals surface area contributed by atoms with E-state index in [1.807, 2.05) is 13.8 Å². The smallest absolute Gasteiger partial charge is 0.323 e. The molecule has 7 nitrogen and oxygen atoms in total. The first-order valence-electron chi connectivity index (χ1n) is 10.2. The molecule has 3 rings (SSSR count). The number of thiophene rings is 1. The Morgan fingerprint density at radius 3 is 2.58 bits per heavy atom. The van der Waals surface area contributed by atoms with Gasteiger partial charge >= 0.3 is 13.5 Å². The molecule has 31 heavy (non-hydrogen) atoms. The van der Waals surface area contributed by atoms with Crippen LogP contribution in [0.4, 0.5) is 4.39 Å². The molecule has 1 aromatic heterocycles. The van der Waals surface area contributed by atoms with Crippen molar-refractivity contribution in [2.75, 3.05) is 13.7 Å². The third-order valence-corrected chi connectivity index (χ3v) is 8.05. The van der Waals surface area contributed by atoms with Crippen LogP contribution >= 0.6 is 18.9 Å². The maximum absolute atomic E-state index is 15.6. The standard InChI is InChI=1S/C21H28FN2O5PS/c1-12(2)11-28-21(26)13(3)24-30(27,29-16-6-7-16)19(22)14-5-8-17-15(9-14)10-18(31-17)20(25)23-4/h5,8-10,12-13,16,19H,6-7,11H2,1-4H3,(H,23,25)(H,24,27). The molecule has 0 saturated heterocycles. The van der Waals surface area contributed by atoms with Gasteiger partial charge in [-0.3, -0.25) is 14.2 Å². The van der Waals surface area contributed by atoms with Gasteiger partial charge in [0.1, 0.15) is 6.04 Å². The molecular weight excluding hydrogens is 442 g/mol. The van der Waals surface area contributed by atoms with Crippen molar-refractivity contribution in [2.24, 2.45) is 5.92 Å². The number of carbonyl (C=O) groups excluding carboxylic acids is 2. The molecule has 0 spiro atoms. The van der Waals surface area contributed by atoms with Crippen LogP contribution in [0.1, 0.15) is 54.8 Å². The Kier molecular flexibility index (Phi) is 7.52. The molecular formula is C21H28FN2O5PS. The zero-order valence-electron chi connectivity index (χ0n) is 18.0. The van der Waals surface area contributed by atoms with Crippen molar-refractivity contribution in [2.45, 2.75) is 51.7 Å². The average Bonchev–Trinajstić information content (AvgIpc) is 3.43. The van der Waals surface area contributed by atoms with E-state index in [1.165, 1.54) is 24.3 Å². The summed E-state index contributed by atoms with van der Waals surface area (Å²) in [5.74, 6) is -2.65. The SMILES string of the molecule is CNC(=O)c1cc2cc(C(F)P(=O)(NC(C)C(=O)OCC(C)C)OC3CC3)ccc2s1. The summed E-state index contributed by atoms with van der Waals surface area (Å²) in [6.45, 7) is 5.51. The largest absolute Gasteiger partial charge is 0.464 e. The molecule has 1 aliphatic carbocycles. The van der Waals surface area contributed by atoms with E-state index in [-0.39, 0.29) is 30.1 Å². The number of fused-ring (bicyclic) bond motifs is 1. The maximum Gasteiger partial charge on any atom is 0.323 e. The number of amides is 1. The topological polar surface area (TPSA) is 93.7 Å². The molecule has 1 amide bonds. The first kappa shape index (κ1) is 23.9. The predicted molar refractivity (Wildman–Crippen MR) is 119 cm³/mol. The summed E-state index contributed by atoms with van der Waals surface area (Å²) in [5, 5.41) is 5.82. The van der Waals surface area contributed by atoms with E-state index in [1.54, 1.807) is 25.2 Å². The maximum atomic E-state index is 15.6. The molecule has 2 N–H and O–H groups in total. The zero-order chi connectivity index (χ0) is 22.8. The summed E-state index contributed by atoms with van der Waals surface area (Å²) < 4.78 is 40.7. The minimum Gasteiger partial charge on any atom is -0.464 e. The van der Waals surface area contributed by atoms with E-state index < -0.39 is 25.4 Å². The minimum absolute atomic E-state index is 0.150. The van der Waals surface area contributed by atoms with Crippen LogP contribution in [-0.4, -0.2) is 37.7 Å². The van der Waals surface area contributed by atoms with Gasteiger partial charge in [-0.25, -0.2) is 9.48 Å². The second kappa shape index (κ2) is 9.77. The fourth-order valence-electron chi connectivity index (χ4n) is 2.88. The number of esters is 1. The molecule has 3 unspecified atom stereocenters. The number of carbonyl (C=O) groups is 2. The number of rotatable bonds is 10. The molecule has 170 valence electrons. The van der Waals surface area contributed by atoms with Gasteiger partial charge in [-0.15, -0.1) is 11.3 Å². The van der Waals surface area contributed by atoms with Crippen LogP contribution in [0.25, 0.3) is 10.1 Å². The molecule has 1 fully saturated rings. The van der Waals surface area contributed by atoms with Crippen molar-refractivity contribution < 1.29 is 27.8 Å². The highest BCUT2D eigenvalue weighted by Gasteiger charge is 2.43. The van der Waals surface area contributed by atoms with Crippen molar-refractivity contribution in [1.29, 1.82) is 0 Å². The van der Waals surface area contributed by atoms with Crippen LogP contribution in [-0.2, 0) is 18.6 Å². The summed E-state index contributed by atoms with van der Waals surface area (Å²) in [7, 11) is -2.53. The third-order valence-electron chi connectivity index (χ3n) is 4.68. The third kappa shape index (κ3) is 5.92. The lowest BCUT2D eigenvalue weighted by molar-refractivity contribution is -0.146. The highest BCUT2D eigenvalue weighted by Crippen LogP contribution is 2.61. The van der Waals surface area contributed by atoms with Crippen LogP contribution in [0.2, 0.25) is 0 Å². The van der Waals surface area contributed by atoms with Crippen LogP contribution < -0.4 is 10.4 Å². The molecule has 1 aromatic carbocycles. The molecule has 0 bridgehead atoms. The van der Waals surface area contributed by atoms with Crippen molar-refractivity contribution in [3.8, 4) is 0 Å². The van der Waals surface area contributed by atoms with E-state index in [4.69, 9.17) is 9.26 Å². The molecule has 10 heteroatoms. The highest BCUT2D eigenvalue weighted by molar-refractivity contribution is 7.57. The second-order valence-electron chi connectivity index (χ2n) is 8.10. The summed E-state index contributed by atoms with van der Waals surface area (Å²) in [6.07, 6.45) is 1.10. The zero-order valence-corrected chi connectivity index (χ0v) is 19.7. The van der Waals surface area contributed by atoms with Crippen LogP contribution in [0, 0.1) is 5.92 Å². The fourth-order valence-corrected chi connectivity index (χ4v) is 6.02. The van der Waals surface area contributed by atoms with Gasteiger partial charge in [0, 0.05) is 11.7 Å². The monoisotopic (exact) mass is 470 g/mol.